The third kappa shape index (κ3) is 1.93. The van der Waals surface area contributed by atoms with Gasteiger partial charge >= 0.3 is 0 Å². The van der Waals surface area contributed by atoms with Crippen molar-refractivity contribution in [2.24, 2.45) is 0 Å². The lowest BCUT2D eigenvalue weighted by atomic mass is 10.1. The molecule has 92 valence electrons. The molecule has 3 heteroatoms. The molecule has 0 radical (unpaired) electrons. The number of benzene rings is 2. The number of hydrogen-bond donors (Lipinski definition) is 0. The maximum absolute atomic E-state index is 5.75. The van der Waals surface area contributed by atoms with E-state index in [4.69, 9.17) is 13.9 Å². The Balaban J connectivity index is 2.02. The minimum Gasteiger partial charge on any atom is -0.491 e. The number of ether oxygens (including phenoxy) is 2. The molecule has 3 aromatic rings. The first kappa shape index (κ1) is 11.1. The van der Waals surface area contributed by atoms with Gasteiger partial charge in [-0.3, -0.25) is 0 Å². The standard InChI is InChI=1S/C15H14O3/c1-16-8-9-17-11-6-7-15-13(10-11)12-4-2-3-5-14(12)18-15/h2-7,10H,8-9H2,1H3. The van der Waals surface area contributed by atoms with Crippen molar-refractivity contribution in [3.63, 3.8) is 0 Å². The number of fused-ring (bicyclic) bond motifs is 3. The maximum Gasteiger partial charge on any atom is 0.135 e. The minimum atomic E-state index is 0.553. The molecule has 18 heavy (non-hydrogen) atoms. The van der Waals surface area contributed by atoms with Gasteiger partial charge in [-0.1, -0.05) is 18.2 Å². The highest BCUT2D eigenvalue weighted by molar-refractivity contribution is 6.05. The topological polar surface area (TPSA) is 31.6 Å². The lowest BCUT2D eigenvalue weighted by Crippen LogP contribution is -2.03. The van der Waals surface area contributed by atoms with Crippen LogP contribution in [0.25, 0.3) is 21.9 Å². The summed E-state index contributed by atoms with van der Waals surface area (Å²) in [6.45, 7) is 1.14. The van der Waals surface area contributed by atoms with Gasteiger partial charge in [0.1, 0.15) is 23.5 Å². The Morgan fingerprint density at radius 3 is 2.67 bits per heavy atom. The normalized spacial score (nSPS) is 11.2. The van der Waals surface area contributed by atoms with E-state index >= 15 is 0 Å². The van der Waals surface area contributed by atoms with Gasteiger partial charge < -0.3 is 13.9 Å². The molecule has 3 nitrogen and oxygen atoms in total. The quantitative estimate of drug-likeness (QED) is 0.655. The lowest BCUT2D eigenvalue weighted by molar-refractivity contribution is 0.146. The highest BCUT2D eigenvalue weighted by Gasteiger charge is 2.07. The van der Waals surface area contributed by atoms with E-state index in [2.05, 4.69) is 6.07 Å². The fourth-order valence-electron chi connectivity index (χ4n) is 2.04. The average molecular weight is 242 g/mol. The lowest BCUT2D eigenvalue weighted by Gasteiger charge is -2.04. The molecule has 0 amide bonds. The van der Waals surface area contributed by atoms with E-state index in [0.717, 1.165) is 27.7 Å². The fraction of sp³-hybridized carbons (Fsp3) is 0.200. The van der Waals surface area contributed by atoms with Crippen LogP contribution in [0.1, 0.15) is 0 Å². The summed E-state index contributed by atoms with van der Waals surface area (Å²) in [5, 5.41) is 2.20. The van der Waals surface area contributed by atoms with E-state index in [1.54, 1.807) is 7.11 Å². The number of hydrogen-bond acceptors (Lipinski definition) is 3. The first-order valence-corrected chi connectivity index (χ1v) is 5.91. The van der Waals surface area contributed by atoms with Crippen LogP contribution >= 0.6 is 0 Å². The van der Waals surface area contributed by atoms with Crippen LogP contribution < -0.4 is 4.74 Å². The Kier molecular flexibility index (Phi) is 2.90. The zero-order chi connectivity index (χ0) is 12.4. The molecular weight excluding hydrogens is 228 g/mol. The van der Waals surface area contributed by atoms with Gasteiger partial charge in [-0.2, -0.15) is 0 Å². The Morgan fingerprint density at radius 1 is 0.944 bits per heavy atom. The molecule has 0 atom stereocenters. The summed E-state index contributed by atoms with van der Waals surface area (Å²) in [5.41, 5.74) is 1.79. The van der Waals surface area contributed by atoms with E-state index < -0.39 is 0 Å². The second-order valence-electron chi connectivity index (χ2n) is 4.10. The first-order chi connectivity index (χ1) is 8.88. The van der Waals surface area contributed by atoms with E-state index in [1.165, 1.54) is 0 Å². The highest BCUT2D eigenvalue weighted by Crippen LogP contribution is 2.31. The average Bonchev–Trinajstić information content (AvgIpc) is 2.77. The molecule has 0 N–H and O–H groups in total. The van der Waals surface area contributed by atoms with Crippen molar-refractivity contribution >= 4 is 21.9 Å². The Labute approximate surface area is 105 Å². The molecule has 0 aliphatic heterocycles. The molecule has 1 aromatic heterocycles. The third-order valence-electron chi connectivity index (χ3n) is 2.90. The minimum absolute atomic E-state index is 0.553. The zero-order valence-electron chi connectivity index (χ0n) is 10.2. The number of rotatable bonds is 4. The number of furan rings is 1. The molecule has 0 unspecified atom stereocenters. The van der Waals surface area contributed by atoms with Crippen molar-refractivity contribution in [3.05, 3.63) is 42.5 Å². The predicted molar refractivity (Wildman–Crippen MR) is 71.1 cm³/mol. The predicted octanol–water partition coefficient (Wildman–Crippen LogP) is 3.61. The second-order valence-corrected chi connectivity index (χ2v) is 4.10. The van der Waals surface area contributed by atoms with E-state index in [1.807, 2.05) is 36.4 Å². The Bertz CT molecular complexity index is 670. The van der Waals surface area contributed by atoms with Gasteiger partial charge in [0.25, 0.3) is 0 Å². The molecule has 0 fully saturated rings. The van der Waals surface area contributed by atoms with Crippen LogP contribution in [0.15, 0.2) is 46.9 Å². The third-order valence-corrected chi connectivity index (χ3v) is 2.90. The summed E-state index contributed by atoms with van der Waals surface area (Å²) in [6, 6.07) is 13.9. The summed E-state index contributed by atoms with van der Waals surface area (Å²) in [6.07, 6.45) is 0. The van der Waals surface area contributed by atoms with Gasteiger partial charge in [0, 0.05) is 17.9 Å². The van der Waals surface area contributed by atoms with E-state index in [0.29, 0.717) is 13.2 Å². The monoisotopic (exact) mass is 242 g/mol. The van der Waals surface area contributed by atoms with Gasteiger partial charge in [-0.15, -0.1) is 0 Å². The number of para-hydroxylation sites is 1. The van der Waals surface area contributed by atoms with Crippen LogP contribution in [0, 0.1) is 0 Å². The molecule has 3 rings (SSSR count). The zero-order valence-corrected chi connectivity index (χ0v) is 10.2. The Hall–Kier alpha value is -2.00. The van der Waals surface area contributed by atoms with Gasteiger partial charge in [0.2, 0.25) is 0 Å². The highest BCUT2D eigenvalue weighted by atomic mass is 16.5. The summed E-state index contributed by atoms with van der Waals surface area (Å²) in [4.78, 5) is 0. The molecule has 0 saturated carbocycles. The summed E-state index contributed by atoms with van der Waals surface area (Å²) in [5.74, 6) is 0.839. The smallest absolute Gasteiger partial charge is 0.135 e. The van der Waals surface area contributed by atoms with Crippen molar-refractivity contribution in [3.8, 4) is 5.75 Å². The van der Waals surface area contributed by atoms with Crippen LogP contribution in [0.5, 0.6) is 5.75 Å². The second kappa shape index (κ2) is 4.70. The molecule has 1 heterocycles. The van der Waals surface area contributed by atoms with Crippen LogP contribution in [0.2, 0.25) is 0 Å². The molecule has 0 spiro atoms. The van der Waals surface area contributed by atoms with E-state index in [-0.39, 0.29) is 0 Å². The molecular formula is C15H14O3. The van der Waals surface area contributed by atoms with Gasteiger partial charge in [0.05, 0.1) is 6.61 Å². The van der Waals surface area contributed by atoms with Crippen molar-refractivity contribution in [1.29, 1.82) is 0 Å². The van der Waals surface area contributed by atoms with Crippen molar-refractivity contribution in [2.75, 3.05) is 20.3 Å². The first-order valence-electron chi connectivity index (χ1n) is 5.91. The summed E-state index contributed by atoms with van der Waals surface area (Å²) in [7, 11) is 1.66. The Morgan fingerprint density at radius 2 is 1.78 bits per heavy atom. The summed E-state index contributed by atoms with van der Waals surface area (Å²) < 4.78 is 16.3. The van der Waals surface area contributed by atoms with Gasteiger partial charge in [0.15, 0.2) is 0 Å². The van der Waals surface area contributed by atoms with Crippen molar-refractivity contribution < 1.29 is 13.9 Å². The maximum atomic E-state index is 5.75. The molecule has 0 aliphatic rings. The van der Waals surface area contributed by atoms with Crippen LogP contribution in [0.4, 0.5) is 0 Å². The SMILES string of the molecule is COCCOc1ccc2oc3ccccc3c2c1. The van der Waals surface area contributed by atoms with Crippen LogP contribution in [-0.4, -0.2) is 20.3 Å². The van der Waals surface area contributed by atoms with Crippen LogP contribution in [-0.2, 0) is 4.74 Å². The van der Waals surface area contributed by atoms with E-state index in [9.17, 15) is 0 Å². The molecule has 2 aromatic carbocycles. The molecule has 0 saturated heterocycles. The fourth-order valence-corrected chi connectivity index (χ4v) is 2.04. The molecule has 0 aliphatic carbocycles. The van der Waals surface area contributed by atoms with Gasteiger partial charge in [-0.25, -0.2) is 0 Å². The van der Waals surface area contributed by atoms with Gasteiger partial charge in [-0.05, 0) is 24.3 Å². The largest absolute Gasteiger partial charge is 0.491 e. The molecule has 0 bridgehead atoms. The van der Waals surface area contributed by atoms with Crippen LogP contribution in [0.3, 0.4) is 0 Å². The number of methoxy groups -OCH3 is 1. The van der Waals surface area contributed by atoms with Crippen molar-refractivity contribution in [1.82, 2.24) is 0 Å². The van der Waals surface area contributed by atoms with Crippen molar-refractivity contribution in [2.45, 2.75) is 0 Å². The summed E-state index contributed by atoms with van der Waals surface area (Å²) >= 11 is 0.